The maximum Gasteiger partial charge on any atom is 0.323 e. The Kier molecular flexibility index (Phi) is 2.22. The molecular formula is C9H15N3O. The molecule has 2 N–H and O–H groups in total. The Bertz CT molecular complexity index is 328. The van der Waals surface area contributed by atoms with Crippen LogP contribution in [-0.4, -0.2) is 35.0 Å². The molecule has 0 aliphatic carbocycles. The van der Waals surface area contributed by atoms with E-state index in [2.05, 4.69) is 21.9 Å². The second-order valence-electron chi connectivity index (χ2n) is 3.80. The number of nitrogens with one attached hydrogen (secondary N) is 2. The molecule has 0 amide bonds. The van der Waals surface area contributed by atoms with Crippen LogP contribution in [0.2, 0.25) is 0 Å². The number of hydrogen-bond donors (Lipinski definition) is 2. The Morgan fingerprint density at radius 3 is 3.08 bits per heavy atom. The normalized spacial score (nSPS) is 24.8. The van der Waals surface area contributed by atoms with Crippen LogP contribution in [0.1, 0.15) is 24.5 Å². The maximum atomic E-state index is 10.9. The lowest BCUT2D eigenvalue weighted by molar-refractivity contribution is 0.248. The van der Waals surface area contributed by atoms with Crippen LogP contribution in [-0.2, 0) is 0 Å². The van der Waals surface area contributed by atoms with E-state index in [1.807, 2.05) is 0 Å². The second-order valence-corrected chi connectivity index (χ2v) is 3.80. The lowest BCUT2D eigenvalue weighted by Crippen LogP contribution is -2.31. The van der Waals surface area contributed by atoms with E-state index in [9.17, 15) is 4.79 Å². The van der Waals surface area contributed by atoms with Crippen LogP contribution in [0.3, 0.4) is 0 Å². The highest BCUT2D eigenvalue weighted by Gasteiger charge is 2.19. The number of piperidine rings is 1. The fraction of sp³-hybridized carbons (Fsp3) is 0.667. The summed E-state index contributed by atoms with van der Waals surface area (Å²) in [5, 5.41) is 0. The maximum absolute atomic E-state index is 10.9. The Hall–Kier alpha value is -1.03. The molecule has 2 heterocycles. The predicted molar refractivity (Wildman–Crippen MR) is 50.9 cm³/mol. The summed E-state index contributed by atoms with van der Waals surface area (Å²) in [6.07, 6.45) is 4.19. The summed E-state index contributed by atoms with van der Waals surface area (Å²) in [6, 6.07) is 0. The molecule has 72 valence electrons. The highest BCUT2D eigenvalue weighted by Crippen LogP contribution is 2.23. The van der Waals surface area contributed by atoms with Crippen LogP contribution in [0.5, 0.6) is 0 Å². The molecule has 1 aromatic heterocycles. The Morgan fingerprint density at radius 2 is 2.46 bits per heavy atom. The third kappa shape index (κ3) is 1.83. The molecule has 0 radical (unpaired) electrons. The quantitative estimate of drug-likeness (QED) is 0.663. The van der Waals surface area contributed by atoms with Gasteiger partial charge in [-0.3, -0.25) is 0 Å². The van der Waals surface area contributed by atoms with Gasteiger partial charge in [-0.15, -0.1) is 0 Å². The van der Waals surface area contributed by atoms with Crippen molar-refractivity contribution in [3.05, 3.63) is 22.4 Å². The van der Waals surface area contributed by atoms with Gasteiger partial charge in [0.2, 0.25) is 0 Å². The lowest BCUT2D eigenvalue weighted by Gasteiger charge is -2.28. The molecule has 4 nitrogen and oxygen atoms in total. The monoisotopic (exact) mass is 181 g/mol. The molecule has 1 atom stereocenters. The summed E-state index contributed by atoms with van der Waals surface area (Å²) in [6.45, 7) is 2.22. The van der Waals surface area contributed by atoms with Gasteiger partial charge in [0.1, 0.15) is 0 Å². The average molecular weight is 181 g/mol. The standard InChI is InChI=1S/C9H15N3O/c1-12-4-2-3-7(6-12)8-5-10-9(13)11-8/h5,7H,2-4,6H2,1H3,(H2,10,11,13). The molecule has 0 aromatic carbocycles. The van der Waals surface area contributed by atoms with Crippen molar-refractivity contribution < 1.29 is 0 Å². The molecule has 1 unspecified atom stereocenters. The van der Waals surface area contributed by atoms with E-state index in [1.54, 1.807) is 6.20 Å². The summed E-state index contributed by atoms with van der Waals surface area (Å²) in [5.74, 6) is 0.498. The first-order chi connectivity index (χ1) is 6.25. The molecular weight excluding hydrogens is 166 g/mol. The number of nitrogens with zero attached hydrogens (tertiary/aromatic N) is 1. The van der Waals surface area contributed by atoms with Gasteiger partial charge in [-0.25, -0.2) is 4.79 Å². The van der Waals surface area contributed by atoms with Crippen LogP contribution in [0, 0.1) is 0 Å². The Balaban J connectivity index is 2.12. The van der Waals surface area contributed by atoms with Crippen LogP contribution >= 0.6 is 0 Å². The molecule has 13 heavy (non-hydrogen) atoms. The van der Waals surface area contributed by atoms with E-state index in [-0.39, 0.29) is 5.69 Å². The Morgan fingerprint density at radius 1 is 1.62 bits per heavy atom. The molecule has 4 heteroatoms. The fourth-order valence-corrected chi connectivity index (χ4v) is 1.99. The second kappa shape index (κ2) is 3.38. The first-order valence-corrected chi connectivity index (χ1v) is 4.72. The van der Waals surface area contributed by atoms with Gasteiger partial charge in [-0.2, -0.15) is 0 Å². The van der Waals surface area contributed by atoms with Crippen molar-refractivity contribution in [2.75, 3.05) is 20.1 Å². The van der Waals surface area contributed by atoms with Crippen LogP contribution in [0.25, 0.3) is 0 Å². The topological polar surface area (TPSA) is 51.9 Å². The number of H-pyrrole nitrogens is 2. The Labute approximate surface area is 77.0 Å². The van der Waals surface area contributed by atoms with Crippen molar-refractivity contribution in [2.24, 2.45) is 0 Å². The first-order valence-electron chi connectivity index (χ1n) is 4.72. The smallest absolute Gasteiger partial charge is 0.313 e. The third-order valence-corrected chi connectivity index (χ3v) is 2.68. The van der Waals surface area contributed by atoms with Gasteiger partial charge in [0.15, 0.2) is 0 Å². The number of hydrogen-bond acceptors (Lipinski definition) is 2. The van der Waals surface area contributed by atoms with Crippen molar-refractivity contribution >= 4 is 0 Å². The van der Waals surface area contributed by atoms with Crippen molar-refractivity contribution in [2.45, 2.75) is 18.8 Å². The van der Waals surface area contributed by atoms with Crippen molar-refractivity contribution in [3.8, 4) is 0 Å². The number of imidazole rings is 1. The zero-order valence-electron chi connectivity index (χ0n) is 7.84. The fourth-order valence-electron chi connectivity index (χ4n) is 1.99. The molecule has 1 aromatic rings. The van der Waals surface area contributed by atoms with E-state index >= 15 is 0 Å². The number of aromatic nitrogens is 2. The molecule has 0 saturated carbocycles. The van der Waals surface area contributed by atoms with Gasteiger partial charge < -0.3 is 14.9 Å². The first kappa shape index (κ1) is 8.56. The molecule has 1 aliphatic rings. The summed E-state index contributed by atoms with van der Waals surface area (Å²) in [7, 11) is 2.12. The number of likely N-dealkylation sites (tertiary alicyclic amines) is 1. The number of likely N-dealkylation sites (N-methyl/N-ethyl adjacent to an activating group) is 1. The zero-order valence-corrected chi connectivity index (χ0v) is 7.84. The van der Waals surface area contributed by atoms with E-state index in [0.29, 0.717) is 5.92 Å². The van der Waals surface area contributed by atoms with Crippen LogP contribution in [0.15, 0.2) is 11.0 Å². The lowest BCUT2D eigenvalue weighted by atomic mass is 9.96. The minimum absolute atomic E-state index is 0.0942. The SMILES string of the molecule is CN1CCCC(c2c[nH]c(=O)[nH]2)C1. The van der Waals surface area contributed by atoms with Gasteiger partial charge >= 0.3 is 5.69 Å². The minimum Gasteiger partial charge on any atom is -0.313 e. The molecule has 0 spiro atoms. The molecule has 0 bridgehead atoms. The zero-order chi connectivity index (χ0) is 9.26. The van der Waals surface area contributed by atoms with Gasteiger partial charge in [-0.1, -0.05) is 0 Å². The molecule has 1 fully saturated rings. The van der Waals surface area contributed by atoms with Crippen molar-refractivity contribution in [1.82, 2.24) is 14.9 Å². The number of rotatable bonds is 1. The van der Waals surface area contributed by atoms with Gasteiger partial charge in [-0.05, 0) is 26.4 Å². The average Bonchev–Trinajstić information content (AvgIpc) is 2.52. The van der Waals surface area contributed by atoms with Crippen LogP contribution in [0.4, 0.5) is 0 Å². The van der Waals surface area contributed by atoms with E-state index in [4.69, 9.17) is 0 Å². The highest BCUT2D eigenvalue weighted by molar-refractivity contribution is 5.05. The third-order valence-electron chi connectivity index (χ3n) is 2.68. The van der Waals surface area contributed by atoms with Crippen LogP contribution < -0.4 is 5.69 Å². The highest BCUT2D eigenvalue weighted by atomic mass is 16.1. The van der Waals surface area contributed by atoms with Gasteiger partial charge in [0.25, 0.3) is 0 Å². The summed E-state index contributed by atoms with van der Waals surface area (Å²) in [4.78, 5) is 18.7. The number of aromatic amines is 2. The summed E-state index contributed by atoms with van der Waals surface area (Å²) in [5.41, 5.74) is 0.958. The molecule has 2 rings (SSSR count). The van der Waals surface area contributed by atoms with E-state index in [1.165, 1.54) is 19.4 Å². The van der Waals surface area contributed by atoms with Gasteiger partial charge in [0, 0.05) is 24.4 Å². The minimum atomic E-state index is -0.0942. The summed E-state index contributed by atoms with van der Waals surface area (Å²) < 4.78 is 0. The largest absolute Gasteiger partial charge is 0.323 e. The molecule has 1 saturated heterocycles. The van der Waals surface area contributed by atoms with Crippen molar-refractivity contribution in [3.63, 3.8) is 0 Å². The van der Waals surface area contributed by atoms with E-state index in [0.717, 1.165) is 12.2 Å². The van der Waals surface area contributed by atoms with Crippen molar-refractivity contribution in [1.29, 1.82) is 0 Å². The molecule has 1 aliphatic heterocycles. The summed E-state index contributed by atoms with van der Waals surface area (Å²) >= 11 is 0. The predicted octanol–water partition coefficient (Wildman–Crippen LogP) is 0.512. The van der Waals surface area contributed by atoms with Gasteiger partial charge in [0.05, 0.1) is 0 Å². The van der Waals surface area contributed by atoms with E-state index < -0.39 is 0 Å².